The van der Waals surface area contributed by atoms with Crippen LogP contribution in [-0.2, 0) is 13.6 Å². The number of hydrogen-bond acceptors (Lipinski definition) is 5. The Kier molecular flexibility index (Phi) is 4.09. The summed E-state index contributed by atoms with van der Waals surface area (Å²) in [5, 5.41) is 13.2. The summed E-state index contributed by atoms with van der Waals surface area (Å²) < 4.78 is 3.61. The maximum absolute atomic E-state index is 11.8. The SMILES string of the molecule is Cc1ccc2nnc(C3CCN(Cc4cccc(=O)n4C)CC3)n2n1. The lowest BCUT2D eigenvalue weighted by Crippen LogP contribution is -2.34. The lowest BCUT2D eigenvalue weighted by Gasteiger charge is -2.31. The molecule has 1 aliphatic heterocycles. The van der Waals surface area contributed by atoms with Gasteiger partial charge in [-0.1, -0.05) is 6.07 Å². The van der Waals surface area contributed by atoms with Gasteiger partial charge >= 0.3 is 0 Å². The largest absolute Gasteiger partial charge is 0.314 e. The van der Waals surface area contributed by atoms with Crippen LogP contribution in [0.2, 0.25) is 0 Å². The number of piperidine rings is 1. The summed E-state index contributed by atoms with van der Waals surface area (Å²) >= 11 is 0. The number of fused-ring (bicyclic) bond motifs is 1. The van der Waals surface area contributed by atoms with E-state index < -0.39 is 0 Å². The number of rotatable bonds is 3. The molecule has 7 heteroatoms. The van der Waals surface area contributed by atoms with Crippen molar-refractivity contribution in [1.29, 1.82) is 0 Å². The molecule has 130 valence electrons. The van der Waals surface area contributed by atoms with Crippen molar-refractivity contribution in [3.05, 3.63) is 57.9 Å². The minimum absolute atomic E-state index is 0.0451. The maximum atomic E-state index is 11.8. The second kappa shape index (κ2) is 6.40. The summed E-state index contributed by atoms with van der Waals surface area (Å²) in [6.45, 7) is 4.75. The van der Waals surface area contributed by atoms with E-state index in [9.17, 15) is 4.79 Å². The molecule has 1 aliphatic rings. The Morgan fingerprint density at radius 2 is 1.92 bits per heavy atom. The molecule has 0 spiro atoms. The number of nitrogens with zero attached hydrogens (tertiary/aromatic N) is 6. The first kappa shape index (κ1) is 16.0. The molecule has 0 saturated carbocycles. The topological polar surface area (TPSA) is 68.3 Å². The number of aromatic nitrogens is 5. The van der Waals surface area contributed by atoms with E-state index in [-0.39, 0.29) is 5.56 Å². The fraction of sp³-hybridized carbons (Fsp3) is 0.444. The molecule has 0 radical (unpaired) electrons. The van der Waals surface area contributed by atoms with Crippen molar-refractivity contribution in [2.45, 2.75) is 32.2 Å². The van der Waals surface area contributed by atoms with Crippen LogP contribution in [0.25, 0.3) is 5.65 Å². The third-order valence-corrected chi connectivity index (χ3v) is 5.05. The highest BCUT2D eigenvalue weighted by molar-refractivity contribution is 5.36. The Labute approximate surface area is 145 Å². The Balaban J connectivity index is 1.47. The summed E-state index contributed by atoms with van der Waals surface area (Å²) in [4.78, 5) is 14.2. The van der Waals surface area contributed by atoms with E-state index in [1.54, 1.807) is 10.6 Å². The van der Waals surface area contributed by atoms with Crippen molar-refractivity contribution in [2.75, 3.05) is 13.1 Å². The molecule has 25 heavy (non-hydrogen) atoms. The van der Waals surface area contributed by atoms with Crippen molar-refractivity contribution < 1.29 is 0 Å². The van der Waals surface area contributed by atoms with Gasteiger partial charge in [-0.25, -0.2) is 0 Å². The van der Waals surface area contributed by atoms with Gasteiger partial charge in [-0.3, -0.25) is 9.69 Å². The highest BCUT2D eigenvalue weighted by Crippen LogP contribution is 2.27. The van der Waals surface area contributed by atoms with Crippen LogP contribution in [0.15, 0.2) is 35.1 Å². The highest BCUT2D eigenvalue weighted by Gasteiger charge is 2.25. The first-order valence-electron chi connectivity index (χ1n) is 8.68. The second-order valence-corrected chi connectivity index (χ2v) is 6.77. The predicted octanol–water partition coefficient (Wildman–Crippen LogP) is 1.51. The van der Waals surface area contributed by atoms with E-state index in [4.69, 9.17) is 0 Å². The zero-order valence-corrected chi connectivity index (χ0v) is 14.6. The fourth-order valence-electron chi connectivity index (χ4n) is 3.50. The van der Waals surface area contributed by atoms with Gasteiger partial charge in [0, 0.05) is 31.3 Å². The van der Waals surface area contributed by atoms with Gasteiger partial charge in [0.15, 0.2) is 11.5 Å². The Hall–Kier alpha value is -2.54. The number of likely N-dealkylation sites (tertiary alicyclic amines) is 1. The van der Waals surface area contributed by atoms with E-state index in [0.29, 0.717) is 5.92 Å². The maximum Gasteiger partial charge on any atom is 0.250 e. The van der Waals surface area contributed by atoms with E-state index in [1.165, 1.54) is 0 Å². The molecule has 7 nitrogen and oxygen atoms in total. The third-order valence-electron chi connectivity index (χ3n) is 5.05. The number of pyridine rings is 1. The van der Waals surface area contributed by atoms with Crippen LogP contribution in [0.3, 0.4) is 0 Å². The smallest absolute Gasteiger partial charge is 0.250 e. The molecule has 1 fully saturated rings. The monoisotopic (exact) mass is 338 g/mol. The van der Waals surface area contributed by atoms with Crippen LogP contribution in [0, 0.1) is 6.92 Å². The van der Waals surface area contributed by atoms with E-state index >= 15 is 0 Å². The van der Waals surface area contributed by atoms with Gasteiger partial charge in [-0.15, -0.1) is 10.2 Å². The van der Waals surface area contributed by atoms with E-state index in [0.717, 1.165) is 55.3 Å². The zero-order valence-electron chi connectivity index (χ0n) is 14.6. The van der Waals surface area contributed by atoms with Crippen LogP contribution in [0.5, 0.6) is 0 Å². The minimum atomic E-state index is 0.0451. The summed E-state index contributed by atoms with van der Waals surface area (Å²) in [5.74, 6) is 1.34. The third kappa shape index (κ3) is 3.07. The molecule has 1 saturated heterocycles. The van der Waals surface area contributed by atoms with Crippen LogP contribution < -0.4 is 5.56 Å². The van der Waals surface area contributed by atoms with Gasteiger partial charge in [-0.05, 0) is 51.1 Å². The van der Waals surface area contributed by atoms with Gasteiger partial charge in [0.25, 0.3) is 0 Å². The van der Waals surface area contributed by atoms with Crippen LogP contribution >= 0.6 is 0 Å². The molecule has 3 aromatic rings. The molecule has 3 aromatic heterocycles. The molecular weight excluding hydrogens is 316 g/mol. The number of hydrogen-bond donors (Lipinski definition) is 0. The summed E-state index contributed by atoms with van der Waals surface area (Å²) in [6.07, 6.45) is 2.05. The molecule has 0 N–H and O–H groups in total. The molecule has 4 heterocycles. The van der Waals surface area contributed by atoms with Crippen LogP contribution in [0.1, 0.15) is 36.0 Å². The van der Waals surface area contributed by atoms with Gasteiger partial charge in [0.05, 0.1) is 5.69 Å². The molecule has 0 aliphatic carbocycles. The normalized spacial score (nSPS) is 16.6. The molecule has 0 amide bonds. The van der Waals surface area contributed by atoms with Gasteiger partial charge in [-0.2, -0.15) is 9.61 Å². The zero-order chi connectivity index (χ0) is 17.4. The highest BCUT2D eigenvalue weighted by atomic mass is 16.1. The van der Waals surface area contributed by atoms with E-state index in [1.807, 2.05) is 42.8 Å². The number of aryl methyl sites for hydroxylation is 1. The van der Waals surface area contributed by atoms with Gasteiger partial charge in [0.1, 0.15) is 0 Å². The van der Waals surface area contributed by atoms with Gasteiger partial charge in [0.2, 0.25) is 5.56 Å². The second-order valence-electron chi connectivity index (χ2n) is 6.77. The van der Waals surface area contributed by atoms with Crippen molar-refractivity contribution in [2.24, 2.45) is 7.05 Å². The average Bonchev–Trinajstić information content (AvgIpc) is 3.03. The van der Waals surface area contributed by atoms with Crippen LogP contribution in [-0.4, -0.2) is 42.4 Å². The molecule has 0 unspecified atom stereocenters. The van der Waals surface area contributed by atoms with Crippen LogP contribution in [0.4, 0.5) is 0 Å². The molecule has 4 rings (SSSR count). The molecule has 0 bridgehead atoms. The summed E-state index contributed by atoms with van der Waals surface area (Å²) in [7, 11) is 1.83. The first-order valence-corrected chi connectivity index (χ1v) is 8.68. The van der Waals surface area contributed by atoms with Crippen molar-refractivity contribution in [1.82, 2.24) is 29.3 Å². The standard InChI is InChI=1S/C18H22N6O/c1-13-6-7-16-19-20-18(24(16)21-13)14-8-10-23(11-9-14)12-15-4-3-5-17(25)22(15)2/h3-7,14H,8-12H2,1-2H3. The quantitative estimate of drug-likeness (QED) is 0.724. The summed E-state index contributed by atoms with van der Waals surface area (Å²) in [5.41, 5.74) is 2.87. The minimum Gasteiger partial charge on any atom is -0.314 e. The van der Waals surface area contributed by atoms with Gasteiger partial charge < -0.3 is 4.57 Å². The lowest BCUT2D eigenvalue weighted by molar-refractivity contribution is 0.196. The van der Waals surface area contributed by atoms with Crippen molar-refractivity contribution >= 4 is 5.65 Å². The average molecular weight is 338 g/mol. The Bertz CT molecular complexity index is 952. The van der Waals surface area contributed by atoms with Crippen molar-refractivity contribution in [3.63, 3.8) is 0 Å². The van der Waals surface area contributed by atoms with Crippen molar-refractivity contribution in [3.8, 4) is 0 Å². The predicted molar refractivity (Wildman–Crippen MR) is 94.5 cm³/mol. The van der Waals surface area contributed by atoms with E-state index in [2.05, 4.69) is 20.2 Å². The lowest BCUT2D eigenvalue weighted by atomic mass is 9.96. The fourth-order valence-corrected chi connectivity index (χ4v) is 3.50. The Morgan fingerprint density at radius 1 is 1.12 bits per heavy atom. The first-order chi connectivity index (χ1) is 12.1. The Morgan fingerprint density at radius 3 is 2.72 bits per heavy atom. The molecule has 0 atom stereocenters. The molecular formula is C18H22N6O. The molecule has 0 aromatic carbocycles. The summed E-state index contributed by atoms with van der Waals surface area (Å²) in [6, 6.07) is 9.37.